The van der Waals surface area contributed by atoms with Crippen LogP contribution in [-0.4, -0.2) is 25.0 Å². The van der Waals surface area contributed by atoms with Crippen molar-refractivity contribution in [2.24, 2.45) is 35.5 Å². The lowest BCUT2D eigenvalue weighted by Gasteiger charge is -2.72. The van der Waals surface area contributed by atoms with Gasteiger partial charge in [0.15, 0.2) is 19.2 Å². The minimum Gasteiger partial charge on any atom is -0.298 e. The van der Waals surface area contributed by atoms with Crippen LogP contribution in [0.15, 0.2) is 191 Å². The van der Waals surface area contributed by atoms with Gasteiger partial charge < -0.3 is 0 Å². The lowest BCUT2D eigenvalue weighted by atomic mass is 8.98. The highest BCUT2D eigenvalue weighted by molar-refractivity contribution is 6.81. The lowest BCUT2D eigenvalue weighted by Crippen LogP contribution is -2.69. The molecule has 0 aromatic heterocycles. The quantitative estimate of drug-likeness (QED) is 0.253. The molecular formula is C52H38B2O2. The van der Waals surface area contributed by atoms with E-state index < -0.39 is 0 Å². The molecular weight excluding hydrogens is 678 g/mol. The van der Waals surface area contributed by atoms with Gasteiger partial charge in [0.05, 0.1) is 0 Å². The SMILES string of the molecule is O=C1C2=CC(c3ccccc3)=CC3C(=O)C4C(c5ccccc5)=C5C=CC=C6C7C=CC=C8C9C=CC=C%10C(c%11ccccc%11)=C1C1B(C23)C4C(B(C87)C1C%109)C65. The largest absolute Gasteiger partial charge is 0.298 e. The fourth-order valence-corrected chi connectivity index (χ4v) is 15.5. The molecule has 0 spiro atoms. The molecule has 0 N–H and O–H groups in total. The molecule has 0 amide bonds. The highest BCUT2D eigenvalue weighted by Crippen LogP contribution is 2.82. The number of ketones is 2. The van der Waals surface area contributed by atoms with Crippen molar-refractivity contribution in [1.29, 1.82) is 0 Å². The van der Waals surface area contributed by atoms with Crippen molar-refractivity contribution in [1.82, 2.24) is 0 Å². The number of Topliss-reactive ketones (excluding diaryl/α,β-unsaturated/α-hetero) is 2. The van der Waals surface area contributed by atoms with E-state index in [1.165, 1.54) is 27.9 Å². The van der Waals surface area contributed by atoms with Crippen molar-refractivity contribution in [3.05, 3.63) is 208 Å². The van der Waals surface area contributed by atoms with Gasteiger partial charge in [0.25, 0.3) is 0 Å². The van der Waals surface area contributed by atoms with E-state index in [9.17, 15) is 0 Å². The number of hydrogen-bond acceptors (Lipinski definition) is 2. The van der Waals surface area contributed by atoms with Crippen molar-refractivity contribution in [3.8, 4) is 0 Å². The van der Waals surface area contributed by atoms with Crippen LogP contribution in [0.1, 0.15) is 16.7 Å². The molecule has 5 saturated heterocycles. The van der Waals surface area contributed by atoms with Crippen molar-refractivity contribution in [3.63, 3.8) is 0 Å². The zero-order chi connectivity index (χ0) is 36.6. The highest BCUT2D eigenvalue weighted by atomic mass is 16.1. The average Bonchev–Trinajstić information content (AvgIpc) is 3.26. The number of allylic oxidation sites excluding steroid dienone is 20. The van der Waals surface area contributed by atoms with Gasteiger partial charge in [-0.05, 0) is 91.3 Å². The minimum atomic E-state index is -0.343. The zero-order valence-electron chi connectivity index (χ0n) is 30.9. The Hall–Kier alpha value is -5.47. The Balaban J connectivity index is 1.13. The molecule has 3 aromatic rings. The first-order chi connectivity index (χ1) is 27.7. The van der Waals surface area contributed by atoms with Crippen LogP contribution in [0.5, 0.6) is 0 Å². The zero-order valence-corrected chi connectivity index (χ0v) is 30.9. The summed E-state index contributed by atoms with van der Waals surface area (Å²) < 4.78 is 0. The molecule has 11 aliphatic rings. The van der Waals surface area contributed by atoms with E-state index in [4.69, 9.17) is 0 Å². The molecule has 56 heavy (non-hydrogen) atoms. The van der Waals surface area contributed by atoms with Crippen LogP contribution in [0.4, 0.5) is 0 Å². The second-order valence-electron chi connectivity index (χ2n) is 18.3. The molecule has 0 saturated carbocycles. The Bertz CT molecular complexity index is 2700. The molecule has 5 heterocycles. The van der Waals surface area contributed by atoms with E-state index in [1.54, 1.807) is 11.1 Å². The number of fused-ring (bicyclic) bond motifs is 2. The summed E-state index contributed by atoms with van der Waals surface area (Å²) in [6, 6.07) is 32.2. The monoisotopic (exact) mass is 716 g/mol. The van der Waals surface area contributed by atoms with Crippen molar-refractivity contribution >= 4 is 41.7 Å². The van der Waals surface area contributed by atoms with Crippen LogP contribution in [0.3, 0.4) is 0 Å². The molecule has 4 heteroatoms. The van der Waals surface area contributed by atoms with Gasteiger partial charge in [-0.2, -0.15) is 0 Å². The Kier molecular flexibility index (Phi) is 5.86. The summed E-state index contributed by atoms with van der Waals surface area (Å²) in [5, 5.41) is 0. The van der Waals surface area contributed by atoms with Crippen molar-refractivity contribution in [2.45, 2.75) is 34.9 Å². The fraction of sp³-hybridized carbons (Fsp3) is 0.231. The first-order valence-corrected chi connectivity index (χ1v) is 21.0. The first kappa shape index (κ1) is 30.7. The number of rotatable bonds is 3. The molecule has 12 unspecified atom stereocenters. The van der Waals surface area contributed by atoms with Gasteiger partial charge in [-0.15, -0.1) is 0 Å². The molecule has 14 rings (SSSR count). The van der Waals surface area contributed by atoms with E-state index in [0.29, 0.717) is 47.7 Å². The van der Waals surface area contributed by atoms with E-state index in [0.717, 1.165) is 27.8 Å². The smallest absolute Gasteiger partial charge is 0.184 e. The normalized spacial score (nSPS) is 37.8. The molecule has 6 aliphatic carbocycles. The Labute approximate surface area is 328 Å². The Morgan fingerprint density at radius 3 is 1.98 bits per heavy atom. The maximum absolute atomic E-state index is 16.0. The third-order valence-electron chi connectivity index (χ3n) is 16.7. The van der Waals surface area contributed by atoms with E-state index in [1.807, 2.05) is 6.07 Å². The first-order valence-electron chi connectivity index (χ1n) is 21.0. The summed E-state index contributed by atoms with van der Waals surface area (Å²) in [4.78, 5) is 31.9. The lowest BCUT2D eigenvalue weighted by molar-refractivity contribution is -0.125. The predicted octanol–water partition coefficient (Wildman–Crippen LogP) is 10.5. The van der Waals surface area contributed by atoms with Crippen LogP contribution in [0.25, 0.3) is 16.7 Å². The second-order valence-corrected chi connectivity index (χ2v) is 18.3. The van der Waals surface area contributed by atoms with Crippen LogP contribution >= 0.6 is 0 Å². The van der Waals surface area contributed by atoms with Crippen LogP contribution in [-0.2, 0) is 9.59 Å². The molecule has 5 aliphatic heterocycles. The third kappa shape index (κ3) is 3.52. The van der Waals surface area contributed by atoms with E-state index in [-0.39, 0.29) is 47.7 Å². The molecule has 3 aromatic carbocycles. The van der Waals surface area contributed by atoms with Gasteiger partial charge in [-0.3, -0.25) is 9.59 Å². The topological polar surface area (TPSA) is 34.1 Å². The molecule has 12 atom stereocenters. The molecule has 5 fully saturated rings. The van der Waals surface area contributed by atoms with E-state index >= 15 is 9.59 Å². The summed E-state index contributed by atoms with van der Waals surface area (Å²) in [6.45, 7) is 0.581. The van der Waals surface area contributed by atoms with E-state index in [2.05, 4.69) is 152 Å². The Morgan fingerprint density at radius 2 is 1.20 bits per heavy atom. The average molecular weight is 716 g/mol. The Morgan fingerprint density at radius 1 is 0.518 bits per heavy atom. The number of benzene rings is 3. The summed E-state index contributed by atoms with van der Waals surface area (Å²) in [7, 11) is 0. The van der Waals surface area contributed by atoms with Gasteiger partial charge in [0, 0.05) is 29.2 Å². The second kappa shape index (κ2) is 10.7. The number of carbonyl (C=O) groups excluding carboxylic acids is 2. The molecule has 0 radical (unpaired) electrons. The predicted molar refractivity (Wildman–Crippen MR) is 226 cm³/mol. The van der Waals surface area contributed by atoms with Crippen LogP contribution in [0, 0.1) is 35.5 Å². The summed E-state index contributed by atoms with van der Waals surface area (Å²) in [5.41, 5.74) is 14.7. The third-order valence-corrected chi connectivity index (χ3v) is 16.7. The number of carbonyl (C=O) groups is 2. The molecule has 0 bridgehead atoms. The summed E-state index contributed by atoms with van der Waals surface area (Å²) in [5.74, 6) is 2.38. The van der Waals surface area contributed by atoms with Crippen LogP contribution in [0.2, 0.25) is 34.9 Å². The molecule has 264 valence electrons. The number of hydrogen-bond donors (Lipinski definition) is 0. The highest BCUT2D eigenvalue weighted by Gasteiger charge is 2.76. The van der Waals surface area contributed by atoms with Crippen molar-refractivity contribution < 1.29 is 9.59 Å². The molecule has 2 nitrogen and oxygen atoms in total. The van der Waals surface area contributed by atoms with Gasteiger partial charge in [-0.1, -0.05) is 175 Å². The van der Waals surface area contributed by atoms with Crippen molar-refractivity contribution in [2.75, 3.05) is 0 Å². The summed E-state index contributed by atoms with van der Waals surface area (Å²) >= 11 is 0. The van der Waals surface area contributed by atoms with Crippen LogP contribution < -0.4 is 0 Å². The van der Waals surface area contributed by atoms with Gasteiger partial charge in [0.1, 0.15) is 5.78 Å². The fourth-order valence-electron chi connectivity index (χ4n) is 15.5. The standard InChI is InChI=1S/C52H38B2O2/c55-51-37-25-30(27-13-4-1-5-14-27)26-38-46(37)54-49-43(51)39(28-15-6-2-7-16-28)35-23-10-19-31-33-21-12-22-34-32-20-11-24-36-40(29-17-8-3-9-18-29)44(52(38)56)50(54)48(42(32)36)53(45(33)34)47(49)41(31)35/h1-26,31,34,38,41-42,44-50H. The summed E-state index contributed by atoms with van der Waals surface area (Å²) in [6.07, 6.45) is 26.2. The van der Waals surface area contributed by atoms with Gasteiger partial charge in [-0.25, -0.2) is 0 Å². The maximum atomic E-state index is 16.0. The van der Waals surface area contributed by atoms with Gasteiger partial charge >= 0.3 is 0 Å². The minimum absolute atomic E-state index is 0.100. The van der Waals surface area contributed by atoms with Gasteiger partial charge in [0.2, 0.25) is 0 Å². The maximum Gasteiger partial charge on any atom is 0.184 e.